The predicted octanol–water partition coefficient (Wildman–Crippen LogP) is -0.726. The average molecular weight is 173 g/mol. The number of carbonyl (C=O) groups is 1. The van der Waals surface area contributed by atoms with E-state index in [-0.39, 0.29) is 5.91 Å². The van der Waals surface area contributed by atoms with Gasteiger partial charge < -0.3 is 15.5 Å². The molecule has 1 amide bonds. The Morgan fingerprint density at radius 1 is 1.33 bits per heavy atom. The molecule has 0 fully saturated rings. The molecule has 72 valence electrons. The van der Waals surface area contributed by atoms with E-state index in [0.29, 0.717) is 6.54 Å². The molecule has 0 aliphatic heterocycles. The number of nitrogens with one attached hydrogen (secondary N) is 2. The SMILES string of the molecule is CNCCCN(C)C(=O)CNC. The zero-order valence-electron chi connectivity index (χ0n) is 8.18. The van der Waals surface area contributed by atoms with Crippen molar-refractivity contribution in [1.29, 1.82) is 0 Å². The third kappa shape index (κ3) is 5.09. The van der Waals surface area contributed by atoms with Crippen LogP contribution >= 0.6 is 0 Å². The van der Waals surface area contributed by atoms with Crippen LogP contribution in [0.3, 0.4) is 0 Å². The van der Waals surface area contributed by atoms with Crippen molar-refractivity contribution in [3.05, 3.63) is 0 Å². The highest BCUT2D eigenvalue weighted by Gasteiger charge is 2.05. The van der Waals surface area contributed by atoms with Gasteiger partial charge in [-0.2, -0.15) is 0 Å². The van der Waals surface area contributed by atoms with E-state index in [1.54, 1.807) is 11.9 Å². The number of amides is 1. The Kier molecular flexibility index (Phi) is 6.70. The van der Waals surface area contributed by atoms with E-state index < -0.39 is 0 Å². The van der Waals surface area contributed by atoms with Crippen LogP contribution in [0.15, 0.2) is 0 Å². The molecule has 0 heterocycles. The van der Waals surface area contributed by atoms with Crippen molar-refractivity contribution in [3.8, 4) is 0 Å². The van der Waals surface area contributed by atoms with Crippen molar-refractivity contribution >= 4 is 5.91 Å². The summed E-state index contributed by atoms with van der Waals surface area (Å²) in [5, 5.41) is 5.87. The first kappa shape index (κ1) is 11.4. The molecule has 0 unspecified atom stereocenters. The normalized spacial score (nSPS) is 9.92. The summed E-state index contributed by atoms with van der Waals surface area (Å²) in [6.07, 6.45) is 1.00. The van der Waals surface area contributed by atoms with Gasteiger partial charge in [-0.25, -0.2) is 0 Å². The highest BCUT2D eigenvalue weighted by atomic mass is 16.2. The fourth-order valence-electron chi connectivity index (χ4n) is 0.904. The zero-order chi connectivity index (χ0) is 9.40. The Morgan fingerprint density at radius 2 is 2.00 bits per heavy atom. The van der Waals surface area contributed by atoms with Crippen molar-refractivity contribution in [2.75, 3.05) is 40.8 Å². The maximum atomic E-state index is 11.2. The maximum absolute atomic E-state index is 11.2. The van der Waals surface area contributed by atoms with Gasteiger partial charge >= 0.3 is 0 Å². The molecule has 2 N–H and O–H groups in total. The second-order valence-corrected chi connectivity index (χ2v) is 2.80. The van der Waals surface area contributed by atoms with Crippen LogP contribution in [0.1, 0.15) is 6.42 Å². The van der Waals surface area contributed by atoms with Crippen LogP contribution < -0.4 is 10.6 Å². The van der Waals surface area contributed by atoms with Gasteiger partial charge in [0.2, 0.25) is 5.91 Å². The highest BCUT2D eigenvalue weighted by molar-refractivity contribution is 5.77. The van der Waals surface area contributed by atoms with Gasteiger partial charge in [0.1, 0.15) is 0 Å². The van der Waals surface area contributed by atoms with Crippen LogP contribution in [0.25, 0.3) is 0 Å². The molecule has 0 aliphatic carbocycles. The minimum Gasteiger partial charge on any atom is -0.345 e. The van der Waals surface area contributed by atoms with Crippen molar-refractivity contribution in [2.45, 2.75) is 6.42 Å². The first-order valence-electron chi connectivity index (χ1n) is 4.25. The summed E-state index contributed by atoms with van der Waals surface area (Å²) >= 11 is 0. The number of hydrogen-bond donors (Lipinski definition) is 2. The van der Waals surface area contributed by atoms with Gasteiger partial charge in [0.25, 0.3) is 0 Å². The van der Waals surface area contributed by atoms with E-state index in [1.807, 2.05) is 14.1 Å². The summed E-state index contributed by atoms with van der Waals surface area (Å²) in [5.41, 5.74) is 0. The summed E-state index contributed by atoms with van der Waals surface area (Å²) in [6, 6.07) is 0. The number of likely N-dealkylation sites (N-methyl/N-ethyl adjacent to an activating group) is 2. The minimum absolute atomic E-state index is 0.147. The lowest BCUT2D eigenvalue weighted by atomic mass is 10.4. The predicted molar refractivity (Wildman–Crippen MR) is 50.1 cm³/mol. The Morgan fingerprint density at radius 3 is 2.50 bits per heavy atom. The molecule has 0 aromatic carbocycles. The van der Waals surface area contributed by atoms with Gasteiger partial charge in [-0.05, 0) is 27.1 Å². The average Bonchev–Trinajstić information content (AvgIpc) is 2.05. The second kappa shape index (κ2) is 7.06. The van der Waals surface area contributed by atoms with Gasteiger partial charge in [0.15, 0.2) is 0 Å². The fourth-order valence-corrected chi connectivity index (χ4v) is 0.904. The zero-order valence-corrected chi connectivity index (χ0v) is 8.18. The summed E-state index contributed by atoms with van der Waals surface area (Å²) in [5.74, 6) is 0.147. The molecule has 0 bridgehead atoms. The van der Waals surface area contributed by atoms with Crippen molar-refractivity contribution in [1.82, 2.24) is 15.5 Å². The molecule has 0 saturated carbocycles. The first-order chi connectivity index (χ1) is 5.72. The lowest BCUT2D eigenvalue weighted by Gasteiger charge is -2.16. The van der Waals surface area contributed by atoms with Crippen molar-refractivity contribution in [3.63, 3.8) is 0 Å². The number of rotatable bonds is 6. The quantitative estimate of drug-likeness (QED) is 0.521. The summed E-state index contributed by atoms with van der Waals surface area (Å²) in [6.45, 7) is 2.20. The van der Waals surface area contributed by atoms with Crippen LogP contribution in [0, 0.1) is 0 Å². The Hall–Kier alpha value is -0.610. The second-order valence-electron chi connectivity index (χ2n) is 2.80. The maximum Gasteiger partial charge on any atom is 0.236 e. The standard InChI is InChI=1S/C8H19N3O/c1-9-5-4-6-11(3)8(12)7-10-2/h9-10H,4-7H2,1-3H3. The van der Waals surface area contributed by atoms with E-state index in [0.717, 1.165) is 19.5 Å². The molecule has 4 heteroatoms. The third-order valence-electron chi connectivity index (χ3n) is 1.67. The third-order valence-corrected chi connectivity index (χ3v) is 1.67. The minimum atomic E-state index is 0.147. The Balaban J connectivity index is 3.42. The van der Waals surface area contributed by atoms with Crippen molar-refractivity contribution < 1.29 is 4.79 Å². The molecule has 4 nitrogen and oxygen atoms in total. The molecule has 0 aliphatic rings. The number of nitrogens with zero attached hydrogens (tertiary/aromatic N) is 1. The van der Waals surface area contributed by atoms with E-state index in [1.165, 1.54) is 0 Å². The first-order valence-corrected chi connectivity index (χ1v) is 4.25. The Bertz CT molecular complexity index is 127. The van der Waals surface area contributed by atoms with Crippen LogP contribution in [-0.2, 0) is 4.79 Å². The molecule has 0 saturated heterocycles. The topological polar surface area (TPSA) is 44.4 Å². The molecular weight excluding hydrogens is 154 g/mol. The van der Waals surface area contributed by atoms with Crippen LogP contribution in [-0.4, -0.2) is 51.6 Å². The smallest absolute Gasteiger partial charge is 0.236 e. The van der Waals surface area contributed by atoms with Gasteiger partial charge in [-0.3, -0.25) is 4.79 Å². The van der Waals surface area contributed by atoms with Crippen molar-refractivity contribution in [2.24, 2.45) is 0 Å². The van der Waals surface area contributed by atoms with Gasteiger partial charge in [-0.15, -0.1) is 0 Å². The molecule has 0 atom stereocenters. The van der Waals surface area contributed by atoms with Crippen LogP contribution in [0.5, 0.6) is 0 Å². The lowest BCUT2D eigenvalue weighted by Crippen LogP contribution is -2.35. The molecular formula is C8H19N3O. The molecule has 0 rings (SSSR count). The molecule has 0 aromatic rings. The van der Waals surface area contributed by atoms with E-state index >= 15 is 0 Å². The highest BCUT2D eigenvalue weighted by Crippen LogP contribution is 1.86. The van der Waals surface area contributed by atoms with Crippen LogP contribution in [0.2, 0.25) is 0 Å². The van der Waals surface area contributed by atoms with Gasteiger partial charge in [0, 0.05) is 13.6 Å². The monoisotopic (exact) mass is 173 g/mol. The van der Waals surface area contributed by atoms with Crippen LogP contribution in [0.4, 0.5) is 0 Å². The lowest BCUT2D eigenvalue weighted by molar-refractivity contribution is -0.128. The summed E-state index contributed by atoms with van der Waals surface area (Å²) in [4.78, 5) is 12.9. The largest absolute Gasteiger partial charge is 0.345 e. The molecule has 0 spiro atoms. The number of carbonyl (C=O) groups excluding carboxylic acids is 1. The van der Waals surface area contributed by atoms with E-state index in [4.69, 9.17) is 0 Å². The van der Waals surface area contributed by atoms with E-state index in [2.05, 4.69) is 10.6 Å². The Labute approximate surface area is 74.3 Å². The molecule has 0 aromatic heterocycles. The molecule has 0 radical (unpaired) electrons. The van der Waals surface area contributed by atoms with Gasteiger partial charge in [-0.1, -0.05) is 0 Å². The molecule has 12 heavy (non-hydrogen) atoms. The van der Waals surface area contributed by atoms with E-state index in [9.17, 15) is 4.79 Å². The van der Waals surface area contributed by atoms with Gasteiger partial charge in [0.05, 0.1) is 6.54 Å². The number of hydrogen-bond acceptors (Lipinski definition) is 3. The summed E-state index contributed by atoms with van der Waals surface area (Å²) < 4.78 is 0. The fraction of sp³-hybridized carbons (Fsp3) is 0.875. The summed E-state index contributed by atoms with van der Waals surface area (Å²) in [7, 11) is 5.52.